The SMILES string of the molecule is Cc1ccc(NC2CCC(C)CC2)cc1C(F)(F)F. The molecule has 1 aromatic carbocycles. The summed E-state index contributed by atoms with van der Waals surface area (Å²) in [6, 6.07) is 4.81. The van der Waals surface area contributed by atoms with Gasteiger partial charge in [0.15, 0.2) is 0 Å². The third kappa shape index (κ3) is 3.64. The smallest absolute Gasteiger partial charge is 0.382 e. The largest absolute Gasteiger partial charge is 0.416 e. The van der Waals surface area contributed by atoms with Gasteiger partial charge in [-0.25, -0.2) is 0 Å². The predicted molar refractivity (Wildman–Crippen MR) is 71.2 cm³/mol. The fraction of sp³-hybridized carbons (Fsp3) is 0.600. The van der Waals surface area contributed by atoms with E-state index < -0.39 is 11.7 Å². The first-order valence-electron chi connectivity index (χ1n) is 6.80. The van der Waals surface area contributed by atoms with Gasteiger partial charge in [-0.3, -0.25) is 0 Å². The van der Waals surface area contributed by atoms with E-state index in [0.29, 0.717) is 11.7 Å². The zero-order valence-electron chi connectivity index (χ0n) is 11.3. The van der Waals surface area contributed by atoms with Crippen LogP contribution in [-0.4, -0.2) is 6.04 Å². The Labute approximate surface area is 112 Å². The van der Waals surface area contributed by atoms with Gasteiger partial charge >= 0.3 is 6.18 Å². The van der Waals surface area contributed by atoms with E-state index in [1.165, 1.54) is 19.1 Å². The van der Waals surface area contributed by atoms with Crippen LogP contribution in [0.5, 0.6) is 0 Å². The molecule has 1 fully saturated rings. The molecule has 0 aromatic heterocycles. The van der Waals surface area contributed by atoms with Gasteiger partial charge in [-0.2, -0.15) is 13.2 Å². The van der Waals surface area contributed by atoms with Crippen molar-refractivity contribution in [1.82, 2.24) is 0 Å². The average Bonchev–Trinajstić information content (AvgIpc) is 2.33. The monoisotopic (exact) mass is 271 g/mol. The predicted octanol–water partition coefficient (Wildman–Crippen LogP) is 5.00. The summed E-state index contributed by atoms with van der Waals surface area (Å²) in [4.78, 5) is 0. The molecule has 0 radical (unpaired) electrons. The Morgan fingerprint density at radius 2 is 1.74 bits per heavy atom. The van der Waals surface area contributed by atoms with Gasteiger partial charge in [0.25, 0.3) is 0 Å². The molecule has 0 spiro atoms. The van der Waals surface area contributed by atoms with Crippen molar-refractivity contribution in [1.29, 1.82) is 0 Å². The lowest BCUT2D eigenvalue weighted by atomic mass is 9.87. The van der Waals surface area contributed by atoms with E-state index in [4.69, 9.17) is 0 Å². The van der Waals surface area contributed by atoms with Crippen LogP contribution in [0, 0.1) is 12.8 Å². The third-order valence-corrected chi connectivity index (χ3v) is 3.93. The summed E-state index contributed by atoms with van der Waals surface area (Å²) in [5, 5.41) is 3.24. The summed E-state index contributed by atoms with van der Waals surface area (Å²) in [5.74, 6) is 0.738. The maximum atomic E-state index is 12.8. The highest BCUT2D eigenvalue weighted by molar-refractivity contribution is 5.50. The molecule has 0 atom stereocenters. The molecule has 0 bridgehead atoms. The summed E-state index contributed by atoms with van der Waals surface area (Å²) >= 11 is 0. The van der Waals surface area contributed by atoms with Crippen molar-refractivity contribution in [3.63, 3.8) is 0 Å². The Hall–Kier alpha value is -1.19. The van der Waals surface area contributed by atoms with Gasteiger partial charge in [0, 0.05) is 11.7 Å². The summed E-state index contributed by atoms with van der Waals surface area (Å²) in [6.45, 7) is 3.72. The number of hydrogen-bond acceptors (Lipinski definition) is 1. The maximum Gasteiger partial charge on any atom is 0.416 e. The summed E-state index contributed by atoms with van der Waals surface area (Å²) in [7, 11) is 0. The number of benzene rings is 1. The fourth-order valence-corrected chi connectivity index (χ4v) is 2.66. The van der Waals surface area contributed by atoms with Gasteiger partial charge in [-0.15, -0.1) is 0 Å². The van der Waals surface area contributed by atoms with E-state index >= 15 is 0 Å². The Morgan fingerprint density at radius 1 is 1.11 bits per heavy atom. The molecule has 19 heavy (non-hydrogen) atoms. The van der Waals surface area contributed by atoms with Crippen LogP contribution in [0.2, 0.25) is 0 Å². The second-order valence-corrected chi connectivity index (χ2v) is 5.63. The minimum absolute atomic E-state index is 0.273. The van der Waals surface area contributed by atoms with Gasteiger partial charge in [-0.05, 0) is 56.2 Å². The molecular formula is C15H20F3N. The number of rotatable bonds is 2. The third-order valence-electron chi connectivity index (χ3n) is 3.93. The van der Waals surface area contributed by atoms with Crippen molar-refractivity contribution in [2.24, 2.45) is 5.92 Å². The average molecular weight is 271 g/mol. The van der Waals surface area contributed by atoms with Crippen molar-refractivity contribution in [2.75, 3.05) is 5.32 Å². The Balaban J connectivity index is 2.09. The molecule has 106 valence electrons. The maximum absolute atomic E-state index is 12.8. The van der Waals surface area contributed by atoms with E-state index in [1.54, 1.807) is 6.07 Å². The molecule has 1 nitrogen and oxygen atoms in total. The summed E-state index contributed by atoms with van der Waals surface area (Å²) in [6.07, 6.45) is 0.0982. The van der Waals surface area contributed by atoms with Gasteiger partial charge in [0.2, 0.25) is 0 Å². The molecule has 0 saturated heterocycles. The molecule has 1 aromatic rings. The lowest BCUT2D eigenvalue weighted by molar-refractivity contribution is -0.138. The van der Waals surface area contributed by atoms with Crippen molar-refractivity contribution < 1.29 is 13.2 Å². The number of anilines is 1. The topological polar surface area (TPSA) is 12.0 Å². The van der Waals surface area contributed by atoms with E-state index in [2.05, 4.69) is 12.2 Å². The van der Waals surface area contributed by atoms with Crippen LogP contribution >= 0.6 is 0 Å². The Kier molecular flexibility index (Phi) is 4.07. The number of nitrogens with one attached hydrogen (secondary N) is 1. The second kappa shape index (κ2) is 5.43. The number of hydrogen-bond donors (Lipinski definition) is 1. The second-order valence-electron chi connectivity index (χ2n) is 5.63. The molecule has 4 heteroatoms. The van der Waals surface area contributed by atoms with E-state index in [9.17, 15) is 13.2 Å². The molecule has 2 rings (SSSR count). The highest BCUT2D eigenvalue weighted by Gasteiger charge is 2.32. The van der Waals surface area contributed by atoms with Gasteiger partial charge in [0.1, 0.15) is 0 Å². The minimum atomic E-state index is -4.27. The van der Waals surface area contributed by atoms with E-state index in [0.717, 1.165) is 31.6 Å². The van der Waals surface area contributed by atoms with E-state index in [1.807, 2.05) is 0 Å². The highest BCUT2D eigenvalue weighted by atomic mass is 19.4. The highest BCUT2D eigenvalue weighted by Crippen LogP contribution is 2.34. The lowest BCUT2D eigenvalue weighted by Gasteiger charge is -2.28. The number of aryl methyl sites for hydroxylation is 1. The van der Waals surface area contributed by atoms with Crippen molar-refractivity contribution in [3.8, 4) is 0 Å². The van der Waals surface area contributed by atoms with Gasteiger partial charge < -0.3 is 5.32 Å². The van der Waals surface area contributed by atoms with E-state index in [-0.39, 0.29) is 5.56 Å². The lowest BCUT2D eigenvalue weighted by Crippen LogP contribution is -2.25. The minimum Gasteiger partial charge on any atom is -0.382 e. The van der Waals surface area contributed by atoms with Gasteiger partial charge in [-0.1, -0.05) is 13.0 Å². The standard InChI is InChI=1S/C15H20F3N/c1-10-3-6-12(7-4-10)19-13-8-5-11(2)14(9-13)15(16,17)18/h5,8-10,12,19H,3-4,6-7H2,1-2H3. The molecule has 0 heterocycles. The fourth-order valence-electron chi connectivity index (χ4n) is 2.66. The molecule has 0 aliphatic heterocycles. The Morgan fingerprint density at radius 3 is 2.32 bits per heavy atom. The summed E-state index contributed by atoms with van der Waals surface area (Å²) < 4.78 is 38.5. The van der Waals surface area contributed by atoms with Crippen molar-refractivity contribution in [3.05, 3.63) is 29.3 Å². The van der Waals surface area contributed by atoms with Crippen LogP contribution in [0.1, 0.15) is 43.7 Å². The quantitative estimate of drug-likeness (QED) is 0.797. The first kappa shape index (κ1) is 14.2. The molecule has 0 amide bonds. The van der Waals surface area contributed by atoms with Crippen LogP contribution in [-0.2, 0) is 6.18 Å². The molecule has 1 aliphatic rings. The molecule has 1 saturated carbocycles. The van der Waals surface area contributed by atoms with Crippen LogP contribution < -0.4 is 5.32 Å². The van der Waals surface area contributed by atoms with Crippen LogP contribution in [0.3, 0.4) is 0 Å². The first-order valence-corrected chi connectivity index (χ1v) is 6.80. The van der Waals surface area contributed by atoms with Crippen LogP contribution in [0.15, 0.2) is 18.2 Å². The normalized spacial score (nSPS) is 24.3. The Bertz CT molecular complexity index is 432. The summed E-state index contributed by atoms with van der Waals surface area (Å²) in [5.41, 5.74) is 0.314. The number of halogens is 3. The number of alkyl halides is 3. The molecule has 1 N–H and O–H groups in total. The van der Waals surface area contributed by atoms with Crippen molar-refractivity contribution in [2.45, 2.75) is 51.7 Å². The van der Waals surface area contributed by atoms with Crippen molar-refractivity contribution >= 4 is 5.69 Å². The molecule has 0 unspecified atom stereocenters. The first-order chi connectivity index (χ1) is 8.86. The zero-order valence-corrected chi connectivity index (χ0v) is 11.3. The zero-order chi connectivity index (χ0) is 14.0. The molecular weight excluding hydrogens is 251 g/mol. The van der Waals surface area contributed by atoms with Gasteiger partial charge in [0.05, 0.1) is 5.56 Å². The van der Waals surface area contributed by atoms with Crippen LogP contribution in [0.25, 0.3) is 0 Å². The molecule has 1 aliphatic carbocycles. The van der Waals surface area contributed by atoms with Crippen LogP contribution in [0.4, 0.5) is 18.9 Å².